The average Bonchev–Trinajstić information content (AvgIpc) is 3.11. The molecule has 0 saturated heterocycles. The van der Waals surface area contributed by atoms with E-state index in [0.29, 0.717) is 36.9 Å². The zero-order valence-corrected chi connectivity index (χ0v) is 13.4. The molecule has 128 valence electrons. The minimum Gasteiger partial charge on any atom is -0.352 e. The Balaban J connectivity index is 1.40. The number of aromatic nitrogens is 2. The third-order valence-electron chi connectivity index (χ3n) is 3.46. The summed E-state index contributed by atoms with van der Waals surface area (Å²) in [6.07, 6.45) is 0.663. The second kappa shape index (κ2) is 8.05. The van der Waals surface area contributed by atoms with E-state index in [-0.39, 0.29) is 5.91 Å². The Bertz CT molecular complexity index is 836. The van der Waals surface area contributed by atoms with Crippen LogP contribution in [-0.4, -0.2) is 29.1 Å². The predicted molar refractivity (Wildman–Crippen MR) is 91.6 cm³/mol. The maximum absolute atomic E-state index is 13.1. The Labute approximate surface area is 144 Å². The van der Waals surface area contributed by atoms with Gasteiger partial charge >= 0.3 is 0 Å². The van der Waals surface area contributed by atoms with Gasteiger partial charge in [-0.3, -0.25) is 4.79 Å². The van der Waals surface area contributed by atoms with Gasteiger partial charge in [-0.2, -0.15) is 4.98 Å². The highest BCUT2D eigenvalue weighted by Gasteiger charge is 2.08. The summed E-state index contributed by atoms with van der Waals surface area (Å²) in [5, 5.41) is 9.62. The van der Waals surface area contributed by atoms with E-state index < -0.39 is 5.82 Å². The monoisotopic (exact) mass is 340 g/mol. The minimum atomic E-state index is -0.430. The first-order chi connectivity index (χ1) is 12.2. The van der Waals surface area contributed by atoms with Crippen LogP contribution in [0.15, 0.2) is 59.1 Å². The van der Waals surface area contributed by atoms with Crippen LogP contribution < -0.4 is 10.6 Å². The summed E-state index contributed by atoms with van der Waals surface area (Å²) in [4.78, 5) is 16.1. The molecule has 7 heteroatoms. The second-order valence-electron chi connectivity index (χ2n) is 5.34. The molecule has 0 aliphatic carbocycles. The van der Waals surface area contributed by atoms with Gasteiger partial charge in [0.25, 0.3) is 17.7 Å². The fourth-order valence-corrected chi connectivity index (χ4v) is 2.22. The molecule has 2 N–H and O–H groups in total. The first-order valence-corrected chi connectivity index (χ1v) is 7.89. The molecule has 1 heterocycles. The lowest BCUT2D eigenvalue weighted by Crippen LogP contribution is -2.25. The van der Waals surface area contributed by atoms with E-state index in [2.05, 4.69) is 20.8 Å². The molecule has 1 amide bonds. The Morgan fingerprint density at radius 1 is 1.08 bits per heavy atom. The molecule has 0 bridgehead atoms. The van der Waals surface area contributed by atoms with Crippen molar-refractivity contribution in [2.45, 2.75) is 6.42 Å². The molecule has 0 fully saturated rings. The SMILES string of the molecule is O=C(NCCCNc1noc(-c2ccccc2)n1)c1cccc(F)c1. The van der Waals surface area contributed by atoms with Gasteiger partial charge in [-0.15, -0.1) is 0 Å². The largest absolute Gasteiger partial charge is 0.352 e. The van der Waals surface area contributed by atoms with Crippen molar-refractivity contribution in [1.82, 2.24) is 15.5 Å². The van der Waals surface area contributed by atoms with E-state index in [0.717, 1.165) is 5.56 Å². The van der Waals surface area contributed by atoms with Crippen LogP contribution in [0.3, 0.4) is 0 Å². The summed E-state index contributed by atoms with van der Waals surface area (Å²) in [5.74, 6) is 0.115. The molecule has 0 saturated carbocycles. The lowest BCUT2D eigenvalue weighted by Gasteiger charge is -2.05. The van der Waals surface area contributed by atoms with Gasteiger partial charge in [0.1, 0.15) is 5.82 Å². The smallest absolute Gasteiger partial charge is 0.263 e. The van der Waals surface area contributed by atoms with Gasteiger partial charge in [0.05, 0.1) is 0 Å². The Hall–Kier alpha value is -3.22. The third-order valence-corrected chi connectivity index (χ3v) is 3.46. The summed E-state index contributed by atoms with van der Waals surface area (Å²) in [6, 6.07) is 15.1. The fourth-order valence-electron chi connectivity index (χ4n) is 2.22. The van der Waals surface area contributed by atoms with Crippen LogP contribution in [0.25, 0.3) is 11.5 Å². The summed E-state index contributed by atoms with van der Waals surface area (Å²) >= 11 is 0. The predicted octanol–water partition coefficient (Wildman–Crippen LogP) is 3.11. The van der Waals surface area contributed by atoms with Gasteiger partial charge in [-0.25, -0.2) is 4.39 Å². The number of rotatable bonds is 7. The van der Waals surface area contributed by atoms with Crippen molar-refractivity contribution in [3.63, 3.8) is 0 Å². The molecule has 0 aliphatic heterocycles. The number of anilines is 1. The highest BCUT2D eigenvalue weighted by atomic mass is 19.1. The van der Waals surface area contributed by atoms with Crippen LogP contribution in [0.2, 0.25) is 0 Å². The topological polar surface area (TPSA) is 80.0 Å². The number of halogens is 1. The lowest BCUT2D eigenvalue weighted by molar-refractivity contribution is 0.0953. The van der Waals surface area contributed by atoms with Gasteiger partial charge in [0.15, 0.2) is 0 Å². The zero-order valence-electron chi connectivity index (χ0n) is 13.4. The quantitative estimate of drug-likeness (QED) is 0.646. The Morgan fingerprint density at radius 2 is 1.92 bits per heavy atom. The number of nitrogens with zero attached hydrogens (tertiary/aromatic N) is 2. The zero-order chi connectivity index (χ0) is 17.5. The normalized spacial score (nSPS) is 10.4. The number of hydrogen-bond acceptors (Lipinski definition) is 5. The molecule has 2 aromatic carbocycles. The highest BCUT2D eigenvalue weighted by Crippen LogP contribution is 2.17. The van der Waals surface area contributed by atoms with Crippen molar-refractivity contribution >= 4 is 11.9 Å². The molecular weight excluding hydrogens is 323 g/mol. The number of hydrogen-bond donors (Lipinski definition) is 2. The molecule has 0 aliphatic rings. The van der Waals surface area contributed by atoms with Crippen LogP contribution in [0.4, 0.5) is 10.3 Å². The van der Waals surface area contributed by atoms with Crippen LogP contribution in [-0.2, 0) is 0 Å². The first-order valence-electron chi connectivity index (χ1n) is 7.89. The number of benzene rings is 2. The molecule has 3 aromatic rings. The summed E-state index contributed by atoms with van der Waals surface area (Å²) < 4.78 is 18.3. The summed E-state index contributed by atoms with van der Waals surface area (Å²) in [7, 11) is 0. The minimum absolute atomic E-state index is 0.301. The van der Waals surface area contributed by atoms with Gasteiger partial charge in [0, 0.05) is 24.2 Å². The standard InChI is InChI=1S/C18H17FN4O2/c19-15-9-4-8-14(12-15)16(24)20-10-5-11-21-18-22-17(25-23-18)13-6-2-1-3-7-13/h1-4,6-9,12H,5,10-11H2,(H,20,24)(H,21,23). The van der Waals surface area contributed by atoms with E-state index >= 15 is 0 Å². The van der Waals surface area contributed by atoms with E-state index in [1.807, 2.05) is 30.3 Å². The third kappa shape index (κ3) is 4.63. The van der Waals surface area contributed by atoms with Crippen LogP contribution in [0, 0.1) is 5.82 Å². The van der Waals surface area contributed by atoms with E-state index in [9.17, 15) is 9.18 Å². The second-order valence-corrected chi connectivity index (χ2v) is 5.34. The van der Waals surface area contributed by atoms with Crippen molar-refractivity contribution in [3.8, 4) is 11.5 Å². The summed E-state index contributed by atoms with van der Waals surface area (Å²) in [5.41, 5.74) is 1.16. The molecule has 0 atom stereocenters. The van der Waals surface area contributed by atoms with Crippen LogP contribution in [0.5, 0.6) is 0 Å². The number of amides is 1. The first kappa shape index (κ1) is 16.6. The highest BCUT2D eigenvalue weighted by molar-refractivity contribution is 5.94. The molecule has 0 unspecified atom stereocenters. The average molecular weight is 340 g/mol. The van der Waals surface area contributed by atoms with Gasteiger partial charge in [-0.1, -0.05) is 24.3 Å². The molecule has 3 rings (SSSR count). The van der Waals surface area contributed by atoms with E-state index in [1.165, 1.54) is 18.2 Å². The lowest BCUT2D eigenvalue weighted by atomic mass is 10.2. The maximum atomic E-state index is 13.1. The number of nitrogens with one attached hydrogen (secondary N) is 2. The molecule has 0 radical (unpaired) electrons. The van der Waals surface area contributed by atoms with Crippen molar-refractivity contribution in [2.24, 2.45) is 0 Å². The molecule has 25 heavy (non-hydrogen) atoms. The fraction of sp³-hybridized carbons (Fsp3) is 0.167. The maximum Gasteiger partial charge on any atom is 0.263 e. The van der Waals surface area contributed by atoms with Gasteiger partial charge < -0.3 is 15.2 Å². The summed E-state index contributed by atoms with van der Waals surface area (Å²) in [6.45, 7) is 1.02. The van der Waals surface area contributed by atoms with Crippen LogP contribution >= 0.6 is 0 Å². The molecule has 1 aromatic heterocycles. The molecule has 6 nitrogen and oxygen atoms in total. The Kier molecular flexibility index (Phi) is 5.36. The van der Waals surface area contributed by atoms with Crippen molar-refractivity contribution in [1.29, 1.82) is 0 Å². The number of carbonyl (C=O) groups is 1. The Morgan fingerprint density at radius 3 is 2.72 bits per heavy atom. The van der Waals surface area contributed by atoms with Crippen LogP contribution in [0.1, 0.15) is 16.8 Å². The van der Waals surface area contributed by atoms with Crippen molar-refractivity contribution in [3.05, 3.63) is 66.0 Å². The van der Waals surface area contributed by atoms with Crippen molar-refractivity contribution < 1.29 is 13.7 Å². The van der Waals surface area contributed by atoms with Gasteiger partial charge in [-0.05, 0) is 41.9 Å². The van der Waals surface area contributed by atoms with Gasteiger partial charge in [0.2, 0.25) is 0 Å². The van der Waals surface area contributed by atoms with E-state index in [1.54, 1.807) is 6.07 Å². The number of carbonyl (C=O) groups excluding carboxylic acids is 1. The van der Waals surface area contributed by atoms with E-state index in [4.69, 9.17) is 4.52 Å². The molecule has 0 spiro atoms. The van der Waals surface area contributed by atoms with Crippen molar-refractivity contribution in [2.75, 3.05) is 18.4 Å². The molecular formula is C18H17FN4O2.